The van der Waals surface area contributed by atoms with Gasteiger partial charge < -0.3 is 18.5 Å². The normalized spacial score (nSPS) is 24.7. The monoisotopic (exact) mass is 541 g/mol. The summed E-state index contributed by atoms with van der Waals surface area (Å²) in [6, 6.07) is 0.691. The molecule has 14 heteroatoms. The van der Waals surface area contributed by atoms with E-state index in [0.717, 1.165) is 5.01 Å². The summed E-state index contributed by atoms with van der Waals surface area (Å²) >= 11 is 0. The molecular formula is C23H36N5O8P. The second-order valence-electron chi connectivity index (χ2n) is 9.20. The molecule has 0 aliphatic carbocycles. The van der Waals surface area contributed by atoms with Crippen LogP contribution < -0.4 is 0 Å². The Labute approximate surface area is 218 Å². The van der Waals surface area contributed by atoms with Crippen LogP contribution in [-0.4, -0.2) is 82.9 Å². The molecule has 2 aliphatic heterocycles. The Morgan fingerprint density at radius 2 is 1.95 bits per heavy atom. The van der Waals surface area contributed by atoms with Crippen LogP contribution in [0.5, 0.6) is 0 Å². The first-order valence-electron chi connectivity index (χ1n) is 12.4. The summed E-state index contributed by atoms with van der Waals surface area (Å²) in [7, 11) is -1.66. The third kappa shape index (κ3) is 8.32. The van der Waals surface area contributed by atoms with E-state index in [1.54, 1.807) is 6.92 Å². The highest BCUT2D eigenvalue weighted by Gasteiger charge is 2.48. The van der Waals surface area contributed by atoms with Gasteiger partial charge in [0.25, 0.3) is 14.3 Å². The van der Waals surface area contributed by atoms with Gasteiger partial charge in [-0.15, -0.1) is 0 Å². The van der Waals surface area contributed by atoms with Gasteiger partial charge in [-0.2, -0.15) is 15.4 Å². The van der Waals surface area contributed by atoms with Crippen molar-refractivity contribution in [1.82, 2.24) is 9.68 Å². The molecule has 2 aliphatic rings. The number of carbonyl (C=O) groups excluding carboxylic acids is 4. The van der Waals surface area contributed by atoms with E-state index >= 15 is 0 Å². The molecule has 37 heavy (non-hydrogen) atoms. The van der Waals surface area contributed by atoms with Gasteiger partial charge in [0, 0.05) is 31.8 Å². The highest BCUT2D eigenvalue weighted by Crippen LogP contribution is 2.49. The fraction of sp³-hybridized carbons (Fsp3) is 0.783. The molecule has 0 aromatic rings. The van der Waals surface area contributed by atoms with Crippen LogP contribution in [0, 0.1) is 11.3 Å². The van der Waals surface area contributed by atoms with E-state index in [1.165, 1.54) is 6.92 Å². The highest BCUT2D eigenvalue weighted by atomic mass is 31.2. The number of carbonyl (C=O) groups is 4. The van der Waals surface area contributed by atoms with Gasteiger partial charge in [-0.05, 0) is 34.1 Å². The molecule has 0 saturated carbocycles. The standard InChI is InChI=1S/C23H36N5O8P/c1-7-9-17(30)21-22(31)23(32)27(26-25-21)20-12-18(19(35-20)13-33-16(6)29)36-37(34-11-8-10-24)28(14(2)3)15(4)5/h14-15,18-21H,7-9,11-13H2,1-6H3. The Balaban J connectivity index is 2.27. The number of ketones is 2. The Morgan fingerprint density at radius 1 is 1.27 bits per heavy atom. The van der Waals surface area contributed by atoms with Crippen LogP contribution >= 0.6 is 8.53 Å². The van der Waals surface area contributed by atoms with E-state index in [9.17, 15) is 19.2 Å². The van der Waals surface area contributed by atoms with Crippen LogP contribution in [0.3, 0.4) is 0 Å². The van der Waals surface area contributed by atoms with E-state index in [1.807, 2.05) is 38.4 Å². The molecule has 0 N–H and O–H groups in total. The third-order valence-corrected chi connectivity index (χ3v) is 7.68. The molecule has 5 atom stereocenters. The Kier molecular flexibility index (Phi) is 12.1. The number of amides is 1. The second-order valence-corrected chi connectivity index (χ2v) is 10.6. The van der Waals surface area contributed by atoms with Crippen molar-refractivity contribution < 1.29 is 37.7 Å². The Morgan fingerprint density at radius 3 is 2.51 bits per heavy atom. The summed E-state index contributed by atoms with van der Waals surface area (Å²) in [5, 5.41) is 17.4. The van der Waals surface area contributed by atoms with Crippen LogP contribution in [0.4, 0.5) is 0 Å². The van der Waals surface area contributed by atoms with Crippen molar-refractivity contribution in [3.8, 4) is 6.07 Å². The molecule has 0 aromatic carbocycles. The molecule has 206 valence electrons. The number of rotatable bonds is 14. The minimum Gasteiger partial charge on any atom is -0.463 e. The summed E-state index contributed by atoms with van der Waals surface area (Å²) in [5.74, 6) is -2.95. The summed E-state index contributed by atoms with van der Waals surface area (Å²) < 4.78 is 25.4. The van der Waals surface area contributed by atoms with Crippen LogP contribution in [0.15, 0.2) is 10.3 Å². The van der Waals surface area contributed by atoms with Gasteiger partial charge in [0.2, 0.25) is 0 Å². The van der Waals surface area contributed by atoms with E-state index in [2.05, 4.69) is 10.3 Å². The van der Waals surface area contributed by atoms with Crippen molar-refractivity contribution in [3.05, 3.63) is 0 Å². The fourth-order valence-corrected chi connectivity index (χ4v) is 5.69. The number of esters is 1. The molecule has 0 spiro atoms. The molecule has 13 nitrogen and oxygen atoms in total. The van der Waals surface area contributed by atoms with Crippen molar-refractivity contribution in [2.24, 2.45) is 10.3 Å². The third-order valence-electron chi connectivity index (χ3n) is 5.52. The first-order valence-corrected chi connectivity index (χ1v) is 13.5. The van der Waals surface area contributed by atoms with Crippen molar-refractivity contribution in [1.29, 1.82) is 5.26 Å². The molecule has 1 amide bonds. The lowest BCUT2D eigenvalue weighted by Gasteiger charge is -2.37. The van der Waals surface area contributed by atoms with Gasteiger partial charge in [0.05, 0.1) is 25.2 Å². The molecule has 0 radical (unpaired) electrons. The summed E-state index contributed by atoms with van der Waals surface area (Å²) in [5.41, 5.74) is 0. The van der Waals surface area contributed by atoms with Crippen LogP contribution in [0.2, 0.25) is 0 Å². The van der Waals surface area contributed by atoms with Crippen LogP contribution in [0.25, 0.3) is 0 Å². The van der Waals surface area contributed by atoms with Crippen molar-refractivity contribution in [2.45, 2.75) is 104 Å². The molecule has 2 rings (SSSR count). The predicted octanol–water partition coefficient (Wildman–Crippen LogP) is 2.84. The molecule has 5 unspecified atom stereocenters. The summed E-state index contributed by atoms with van der Waals surface area (Å²) in [6.45, 7) is 11.0. The Hall–Kier alpha value is -2.36. The summed E-state index contributed by atoms with van der Waals surface area (Å²) in [4.78, 5) is 49.0. The van der Waals surface area contributed by atoms with Gasteiger partial charge in [0.15, 0.2) is 18.1 Å². The zero-order valence-electron chi connectivity index (χ0n) is 22.2. The number of hydrogen-bond acceptors (Lipinski definition) is 12. The SMILES string of the molecule is CCCC(=O)C1N=NN(C2CC(OP(OCCC#N)N(C(C)C)C(C)C)C(COC(C)=O)O2)C(=O)C1=O. The predicted molar refractivity (Wildman–Crippen MR) is 130 cm³/mol. The quantitative estimate of drug-likeness (QED) is 0.105. The number of hydrogen-bond donors (Lipinski definition) is 0. The number of ether oxygens (including phenoxy) is 2. The van der Waals surface area contributed by atoms with Gasteiger partial charge in [0.1, 0.15) is 12.7 Å². The van der Waals surface area contributed by atoms with E-state index in [4.69, 9.17) is 23.8 Å². The first-order chi connectivity index (χ1) is 17.5. The zero-order chi connectivity index (χ0) is 27.7. The largest absolute Gasteiger partial charge is 0.463 e. The maximum absolute atomic E-state index is 12.8. The fourth-order valence-electron chi connectivity index (χ4n) is 3.93. The smallest absolute Gasteiger partial charge is 0.316 e. The molecule has 0 bridgehead atoms. The van der Waals surface area contributed by atoms with Crippen molar-refractivity contribution in [2.75, 3.05) is 13.2 Å². The number of Topliss-reactive ketones (excluding diaryl/α,β-unsaturated/α-hetero) is 2. The maximum Gasteiger partial charge on any atom is 0.316 e. The van der Waals surface area contributed by atoms with E-state index in [-0.39, 0.29) is 44.6 Å². The number of nitrogens with zero attached hydrogens (tertiary/aromatic N) is 5. The van der Waals surface area contributed by atoms with Crippen molar-refractivity contribution in [3.63, 3.8) is 0 Å². The van der Waals surface area contributed by atoms with Gasteiger partial charge >= 0.3 is 11.9 Å². The second kappa shape index (κ2) is 14.5. The highest BCUT2D eigenvalue weighted by molar-refractivity contribution is 7.44. The lowest BCUT2D eigenvalue weighted by molar-refractivity contribution is -0.163. The van der Waals surface area contributed by atoms with Gasteiger partial charge in [-0.3, -0.25) is 19.2 Å². The zero-order valence-corrected chi connectivity index (χ0v) is 23.1. The molecule has 2 heterocycles. The Bertz CT molecular complexity index is 900. The average molecular weight is 542 g/mol. The topological polar surface area (TPSA) is 160 Å². The number of nitriles is 1. The van der Waals surface area contributed by atoms with E-state index in [0.29, 0.717) is 6.42 Å². The van der Waals surface area contributed by atoms with E-state index < -0.39 is 56.4 Å². The van der Waals surface area contributed by atoms with Crippen LogP contribution in [-0.2, 0) is 37.7 Å². The molecule has 1 saturated heterocycles. The average Bonchev–Trinajstić information content (AvgIpc) is 3.21. The van der Waals surface area contributed by atoms with Gasteiger partial charge in [-0.25, -0.2) is 4.67 Å². The molecule has 0 aromatic heterocycles. The maximum atomic E-state index is 12.8. The molecule has 1 fully saturated rings. The van der Waals surface area contributed by atoms with Gasteiger partial charge in [-0.1, -0.05) is 12.1 Å². The minimum atomic E-state index is -1.66. The van der Waals surface area contributed by atoms with Crippen molar-refractivity contribution >= 4 is 32.0 Å². The lowest BCUT2D eigenvalue weighted by Crippen LogP contribution is -2.48. The van der Waals surface area contributed by atoms with Crippen LogP contribution in [0.1, 0.15) is 67.2 Å². The minimum absolute atomic E-state index is 0.0471. The molecular weight excluding hydrogens is 505 g/mol. The lowest BCUT2D eigenvalue weighted by atomic mass is 10.0. The summed E-state index contributed by atoms with van der Waals surface area (Å²) in [6.07, 6.45) is -1.64. The first kappa shape index (κ1) is 30.9.